The number of anilines is 1. The van der Waals surface area contributed by atoms with Gasteiger partial charge in [-0.2, -0.15) is 0 Å². The molecule has 0 aliphatic heterocycles. The maximum absolute atomic E-state index is 12.4. The Balaban J connectivity index is 1.70. The van der Waals surface area contributed by atoms with E-state index in [1.165, 1.54) is 6.92 Å². The Kier molecular flexibility index (Phi) is 7.56. The summed E-state index contributed by atoms with van der Waals surface area (Å²) in [6.45, 7) is 1.31. The SMILES string of the molecule is C[C@@H](OC(=O)c1ccc(S(C)(=O)=O)c([N+](=O)[O-])c1)C(=O)Nc1nc(-c2ccc(Cl)c(Cl)c2)cs1. The molecule has 10 nitrogen and oxygen atoms in total. The number of aromatic nitrogens is 1. The molecule has 0 fully saturated rings. The van der Waals surface area contributed by atoms with E-state index < -0.39 is 43.3 Å². The summed E-state index contributed by atoms with van der Waals surface area (Å²) in [6, 6.07) is 7.76. The molecule has 14 heteroatoms. The van der Waals surface area contributed by atoms with E-state index in [0.717, 1.165) is 35.8 Å². The number of hydrogen-bond acceptors (Lipinski definition) is 9. The molecule has 3 aromatic rings. The number of esters is 1. The Hall–Kier alpha value is -3.06. The van der Waals surface area contributed by atoms with Gasteiger partial charge in [-0.3, -0.25) is 20.2 Å². The second-order valence-corrected chi connectivity index (χ2v) is 10.6. The average Bonchev–Trinajstić information content (AvgIpc) is 3.22. The molecule has 1 heterocycles. The van der Waals surface area contributed by atoms with Gasteiger partial charge in [0.2, 0.25) is 0 Å². The highest BCUT2D eigenvalue weighted by Gasteiger charge is 2.26. The number of hydrogen-bond donors (Lipinski definition) is 1. The van der Waals surface area contributed by atoms with Crippen LogP contribution >= 0.6 is 34.5 Å². The minimum absolute atomic E-state index is 0.238. The molecule has 1 atom stereocenters. The lowest BCUT2D eigenvalue weighted by molar-refractivity contribution is -0.387. The summed E-state index contributed by atoms with van der Waals surface area (Å²) in [5, 5.41) is 16.4. The predicted molar refractivity (Wildman–Crippen MR) is 127 cm³/mol. The molecule has 1 aromatic heterocycles. The number of benzene rings is 2. The lowest BCUT2D eigenvalue weighted by atomic mass is 10.2. The van der Waals surface area contributed by atoms with Crippen molar-refractivity contribution in [1.29, 1.82) is 0 Å². The molecule has 0 aliphatic rings. The Morgan fingerprint density at radius 1 is 1.18 bits per heavy atom. The maximum atomic E-state index is 12.4. The van der Waals surface area contributed by atoms with E-state index in [4.69, 9.17) is 27.9 Å². The Morgan fingerprint density at radius 3 is 2.50 bits per heavy atom. The van der Waals surface area contributed by atoms with E-state index in [2.05, 4.69) is 10.3 Å². The van der Waals surface area contributed by atoms with E-state index in [0.29, 0.717) is 21.3 Å². The minimum atomic E-state index is -3.89. The summed E-state index contributed by atoms with van der Waals surface area (Å²) >= 11 is 13.1. The normalized spacial score (nSPS) is 12.1. The number of carbonyl (C=O) groups excluding carboxylic acids is 2. The molecule has 0 saturated carbocycles. The lowest BCUT2D eigenvalue weighted by Crippen LogP contribution is -2.30. The third-order valence-electron chi connectivity index (χ3n) is 4.39. The van der Waals surface area contributed by atoms with E-state index >= 15 is 0 Å². The Bertz CT molecular complexity index is 1410. The molecule has 0 aliphatic carbocycles. The second kappa shape index (κ2) is 10.1. The number of nitrogens with zero attached hydrogens (tertiary/aromatic N) is 2. The van der Waals surface area contributed by atoms with Crippen LogP contribution in [0.1, 0.15) is 17.3 Å². The highest BCUT2D eigenvalue weighted by molar-refractivity contribution is 7.90. The molecule has 34 heavy (non-hydrogen) atoms. The predicted octanol–water partition coefficient (Wildman–Crippen LogP) is 4.61. The molecule has 1 N–H and O–H groups in total. The summed E-state index contributed by atoms with van der Waals surface area (Å²) < 4.78 is 28.5. The lowest BCUT2D eigenvalue weighted by Gasteiger charge is -2.12. The van der Waals surface area contributed by atoms with Crippen LogP contribution in [-0.2, 0) is 19.4 Å². The summed E-state index contributed by atoms with van der Waals surface area (Å²) in [7, 11) is -3.89. The fourth-order valence-corrected chi connectivity index (χ4v) is 4.56. The highest BCUT2D eigenvalue weighted by Crippen LogP contribution is 2.30. The Labute approximate surface area is 207 Å². The van der Waals surface area contributed by atoms with Crippen molar-refractivity contribution in [1.82, 2.24) is 4.98 Å². The average molecular weight is 544 g/mol. The molecule has 0 unspecified atom stereocenters. The van der Waals surface area contributed by atoms with Gasteiger partial charge < -0.3 is 4.74 Å². The fourth-order valence-electron chi connectivity index (χ4n) is 2.71. The van der Waals surface area contributed by atoms with Crippen LogP contribution in [0.2, 0.25) is 10.0 Å². The highest BCUT2D eigenvalue weighted by atomic mass is 35.5. The maximum Gasteiger partial charge on any atom is 0.339 e. The van der Waals surface area contributed by atoms with Crippen LogP contribution in [0.4, 0.5) is 10.8 Å². The minimum Gasteiger partial charge on any atom is -0.449 e. The van der Waals surface area contributed by atoms with E-state index in [1.807, 2.05) is 0 Å². The monoisotopic (exact) mass is 543 g/mol. The van der Waals surface area contributed by atoms with Crippen molar-refractivity contribution in [3.8, 4) is 11.3 Å². The van der Waals surface area contributed by atoms with Gasteiger partial charge >= 0.3 is 5.97 Å². The van der Waals surface area contributed by atoms with Crippen molar-refractivity contribution >= 4 is 67.1 Å². The zero-order chi connectivity index (χ0) is 25.2. The molecule has 0 bridgehead atoms. The van der Waals surface area contributed by atoms with Crippen LogP contribution in [0.25, 0.3) is 11.3 Å². The first-order chi connectivity index (χ1) is 15.9. The number of carbonyl (C=O) groups is 2. The topological polar surface area (TPSA) is 146 Å². The molecule has 0 spiro atoms. The van der Waals surface area contributed by atoms with E-state index in [9.17, 15) is 28.1 Å². The van der Waals surface area contributed by atoms with Gasteiger partial charge in [0.1, 0.15) is 4.90 Å². The first-order valence-electron chi connectivity index (χ1n) is 9.28. The van der Waals surface area contributed by atoms with Crippen LogP contribution in [0, 0.1) is 10.1 Å². The van der Waals surface area contributed by atoms with Gasteiger partial charge in [-0.05, 0) is 31.2 Å². The number of nitro groups is 1. The van der Waals surface area contributed by atoms with Crippen molar-refractivity contribution in [3.05, 3.63) is 67.5 Å². The van der Waals surface area contributed by atoms with E-state index in [-0.39, 0.29) is 10.7 Å². The quantitative estimate of drug-likeness (QED) is 0.258. The van der Waals surface area contributed by atoms with Gasteiger partial charge in [-0.15, -0.1) is 11.3 Å². The second-order valence-electron chi connectivity index (χ2n) is 6.92. The van der Waals surface area contributed by atoms with Gasteiger partial charge in [0, 0.05) is 23.3 Å². The largest absolute Gasteiger partial charge is 0.449 e. The molecular weight excluding hydrogens is 529 g/mol. The zero-order valence-corrected chi connectivity index (χ0v) is 20.6. The van der Waals surface area contributed by atoms with Gasteiger partial charge in [-0.1, -0.05) is 29.3 Å². The third kappa shape index (κ3) is 5.89. The van der Waals surface area contributed by atoms with Gasteiger partial charge in [0.05, 0.1) is 26.2 Å². The van der Waals surface area contributed by atoms with Crippen molar-refractivity contribution < 1.29 is 27.7 Å². The smallest absolute Gasteiger partial charge is 0.339 e. The van der Waals surface area contributed by atoms with Gasteiger partial charge in [-0.25, -0.2) is 18.2 Å². The van der Waals surface area contributed by atoms with Gasteiger partial charge in [0.25, 0.3) is 11.6 Å². The molecule has 0 radical (unpaired) electrons. The number of sulfone groups is 1. The molecule has 0 saturated heterocycles. The van der Waals surface area contributed by atoms with Crippen LogP contribution in [0.5, 0.6) is 0 Å². The summed E-state index contributed by atoms with van der Waals surface area (Å²) in [5.41, 5.74) is 0.174. The van der Waals surface area contributed by atoms with Gasteiger partial charge in [0.15, 0.2) is 21.1 Å². The van der Waals surface area contributed by atoms with Crippen molar-refractivity contribution in [3.63, 3.8) is 0 Å². The van der Waals surface area contributed by atoms with Crippen LogP contribution in [0.3, 0.4) is 0 Å². The van der Waals surface area contributed by atoms with Crippen LogP contribution in [-0.4, -0.2) is 42.6 Å². The molecule has 178 valence electrons. The van der Waals surface area contributed by atoms with Crippen molar-refractivity contribution in [2.45, 2.75) is 17.9 Å². The first-order valence-corrected chi connectivity index (χ1v) is 12.8. The summed E-state index contributed by atoms with van der Waals surface area (Å²) in [5.74, 6) is -1.73. The number of rotatable bonds is 7. The number of nitro benzene ring substituents is 1. The summed E-state index contributed by atoms with van der Waals surface area (Å²) in [6.07, 6.45) is -0.468. The van der Waals surface area contributed by atoms with Crippen molar-refractivity contribution in [2.75, 3.05) is 11.6 Å². The van der Waals surface area contributed by atoms with E-state index in [1.54, 1.807) is 23.6 Å². The van der Waals surface area contributed by atoms with Crippen LogP contribution < -0.4 is 5.32 Å². The molecule has 1 amide bonds. The molecule has 3 rings (SSSR count). The molecule has 2 aromatic carbocycles. The standard InChI is InChI=1S/C20H15Cl2N3O7S2/c1-10(32-19(27)12-4-6-17(34(2,30)31)16(8-12)25(28)29)18(26)24-20-23-15(9-33-20)11-3-5-13(21)14(22)7-11/h3-10H,1-2H3,(H,23,24,26)/t10-/m1/s1. The van der Waals surface area contributed by atoms with Crippen LogP contribution in [0.15, 0.2) is 46.7 Å². The third-order valence-corrected chi connectivity index (χ3v) is 7.03. The number of ether oxygens (including phenoxy) is 1. The fraction of sp³-hybridized carbons (Fsp3) is 0.150. The Morgan fingerprint density at radius 2 is 1.88 bits per heavy atom. The van der Waals surface area contributed by atoms with Crippen molar-refractivity contribution in [2.24, 2.45) is 0 Å². The number of nitrogens with one attached hydrogen (secondary N) is 1. The number of halogens is 2. The number of thiazole rings is 1. The first kappa shape index (κ1) is 25.6. The zero-order valence-electron chi connectivity index (χ0n) is 17.4. The molecular formula is C20H15Cl2N3O7S2. The summed E-state index contributed by atoms with van der Waals surface area (Å²) in [4.78, 5) is 38.9. The number of amides is 1.